The molecule has 8 heteroatoms. The van der Waals surface area contributed by atoms with Gasteiger partial charge in [0, 0.05) is 33.5 Å². The molecule has 1 N–H and O–H groups in total. The fourth-order valence-corrected chi connectivity index (χ4v) is 7.04. The number of nitrogens with one attached hydrogen (secondary N) is 1. The number of carbonyl (C=O) groups is 2. The Balaban J connectivity index is 1.60. The Labute approximate surface area is 237 Å². The van der Waals surface area contributed by atoms with E-state index in [4.69, 9.17) is 39.5 Å². The number of thiophene rings is 1. The second-order valence-electron chi connectivity index (χ2n) is 9.53. The Morgan fingerprint density at radius 3 is 2.49 bits per heavy atom. The molecule has 4 rings (SSSR count). The number of anilines is 1. The van der Waals surface area contributed by atoms with Crippen LogP contribution in [0.2, 0.25) is 10.0 Å². The molecule has 1 aliphatic carbocycles. The number of halogens is 3. The van der Waals surface area contributed by atoms with E-state index >= 15 is 0 Å². The summed E-state index contributed by atoms with van der Waals surface area (Å²) in [6.07, 6.45) is 6.92. The van der Waals surface area contributed by atoms with E-state index in [2.05, 4.69) is 12.2 Å². The maximum atomic E-state index is 13.1. The van der Waals surface area contributed by atoms with Crippen LogP contribution in [-0.4, -0.2) is 17.3 Å². The van der Waals surface area contributed by atoms with Crippen LogP contribution in [0.5, 0.6) is 5.75 Å². The molecule has 1 aliphatic rings. The first kappa shape index (κ1) is 28.0. The SMILES string of the molecule is CCCc1sc(C(=O)Oc2ccc(NC(C)=O)cc2)cc1-c1c(Cl)cc(Cl)cc1CC[C@H]1CC[C@@H](Cl)C1. The number of carbonyl (C=O) groups excluding carboxylic acids is 2. The lowest BCUT2D eigenvalue weighted by Gasteiger charge is -2.15. The molecule has 0 saturated heterocycles. The highest BCUT2D eigenvalue weighted by Crippen LogP contribution is 2.42. The second kappa shape index (κ2) is 12.7. The Bertz CT molecular complexity index is 1270. The first-order valence-corrected chi connectivity index (χ1v) is 14.6. The maximum Gasteiger partial charge on any atom is 0.353 e. The van der Waals surface area contributed by atoms with Crippen LogP contribution in [-0.2, 0) is 17.6 Å². The normalized spacial score (nSPS) is 17.1. The van der Waals surface area contributed by atoms with Gasteiger partial charge in [-0.25, -0.2) is 4.79 Å². The van der Waals surface area contributed by atoms with Crippen molar-refractivity contribution < 1.29 is 14.3 Å². The third kappa shape index (κ3) is 7.29. The number of alkyl halides is 1. The molecule has 1 saturated carbocycles. The summed E-state index contributed by atoms with van der Waals surface area (Å²) in [7, 11) is 0. The molecule has 0 radical (unpaired) electrons. The van der Waals surface area contributed by atoms with Gasteiger partial charge >= 0.3 is 5.97 Å². The lowest BCUT2D eigenvalue weighted by atomic mass is 9.92. The molecular formula is C29H30Cl3NO3S. The third-order valence-electron chi connectivity index (χ3n) is 6.58. The maximum absolute atomic E-state index is 13.1. The van der Waals surface area contributed by atoms with Crippen molar-refractivity contribution in [1.29, 1.82) is 0 Å². The molecule has 4 nitrogen and oxygen atoms in total. The van der Waals surface area contributed by atoms with Gasteiger partial charge in [-0.1, -0.05) is 36.5 Å². The summed E-state index contributed by atoms with van der Waals surface area (Å²) in [5.74, 6) is 0.427. The van der Waals surface area contributed by atoms with Gasteiger partial charge in [0.1, 0.15) is 10.6 Å². The minimum atomic E-state index is -0.424. The summed E-state index contributed by atoms with van der Waals surface area (Å²) in [6, 6.07) is 12.4. The van der Waals surface area contributed by atoms with Gasteiger partial charge in [0.2, 0.25) is 5.91 Å². The predicted octanol–water partition coefficient (Wildman–Crippen LogP) is 9.19. The number of rotatable bonds is 9. The van der Waals surface area contributed by atoms with Crippen molar-refractivity contribution in [1.82, 2.24) is 0 Å². The Morgan fingerprint density at radius 1 is 1.08 bits per heavy atom. The lowest BCUT2D eigenvalue weighted by Crippen LogP contribution is -2.07. The van der Waals surface area contributed by atoms with Gasteiger partial charge in [0.25, 0.3) is 0 Å². The Morgan fingerprint density at radius 2 is 1.84 bits per heavy atom. The number of amides is 1. The third-order valence-corrected chi connectivity index (χ3v) is 8.67. The molecule has 1 amide bonds. The molecular weight excluding hydrogens is 549 g/mol. The molecule has 37 heavy (non-hydrogen) atoms. The van der Waals surface area contributed by atoms with Crippen molar-refractivity contribution in [2.75, 3.05) is 5.32 Å². The number of hydrogen-bond acceptors (Lipinski definition) is 4. The van der Waals surface area contributed by atoms with Gasteiger partial charge in [-0.05, 0) is 98.0 Å². The predicted molar refractivity (Wildman–Crippen MR) is 155 cm³/mol. The van der Waals surface area contributed by atoms with E-state index in [1.807, 2.05) is 12.1 Å². The number of esters is 1. The zero-order valence-electron chi connectivity index (χ0n) is 20.9. The van der Waals surface area contributed by atoms with Crippen molar-refractivity contribution in [3.63, 3.8) is 0 Å². The fourth-order valence-electron chi connectivity index (χ4n) is 4.88. The van der Waals surface area contributed by atoms with Gasteiger partial charge < -0.3 is 10.1 Å². The zero-order valence-corrected chi connectivity index (χ0v) is 24.0. The average Bonchev–Trinajstić information content (AvgIpc) is 3.44. The summed E-state index contributed by atoms with van der Waals surface area (Å²) >= 11 is 21.0. The first-order valence-electron chi connectivity index (χ1n) is 12.6. The topological polar surface area (TPSA) is 55.4 Å². The summed E-state index contributed by atoms with van der Waals surface area (Å²) in [6.45, 7) is 3.56. The number of benzene rings is 2. The molecule has 0 aliphatic heterocycles. The van der Waals surface area contributed by atoms with E-state index < -0.39 is 5.97 Å². The molecule has 1 aromatic heterocycles. The van der Waals surface area contributed by atoms with E-state index in [1.165, 1.54) is 18.3 Å². The molecule has 3 aromatic rings. The quantitative estimate of drug-likeness (QED) is 0.156. The van der Waals surface area contributed by atoms with Crippen LogP contribution >= 0.6 is 46.1 Å². The van der Waals surface area contributed by atoms with Crippen LogP contribution in [0.1, 0.15) is 66.1 Å². The largest absolute Gasteiger partial charge is 0.422 e. The summed E-state index contributed by atoms with van der Waals surface area (Å²) < 4.78 is 5.64. The standard InChI is InChI=1S/C29H30Cl3NO3S/c1-3-4-26-24(16-27(37-26)29(35)36-23-11-9-22(10-12-23)33-17(2)34)28-19(14-21(31)15-25(28)32)7-5-18-6-8-20(30)13-18/h9-12,14-16,18,20H,3-8,13H2,1-2H3,(H,33,34)/t18-,20+/m0/s1. The van der Waals surface area contributed by atoms with Crippen LogP contribution in [0.3, 0.4) is 0 Å². The van der Waals surface area contributed by atoms with E-state index in [-0.39, 0.29) is 11.3 Å². The van der Waals surface area contributed by atoms with Crippen molar-refractivity contribution >= 4 is 63.7 Å². The molecule has 196 valence electrons. The van der Waals surface area contributed by atoms with Crippen molar-refractivity contribution in [3.8, 4) is 16.9 Å². The highest BCUT2D eigenvalue weighted by atomic mass is 35.5. The minimum Gasteiger partial charge on any atom is -0.422 e. The van der Waals surface area contributed by atoms with Crippen molar-refractivity contribution in [2.45, 2.75) is 64.2 Å². The van der Waals surface area contributed by atoms with Crippen LogP contribution in [0, 0.1) is 5.92 Å². The van der Waals surface area contributed by atoms with E-state index in [0.717, 1.165) is 66.5 Å². The minimum absolute atomic E-state index is 0.161. The van der Waals surface area contributed by atoms with Gasteiger partial charge in [-0.15, -0.1) is 22.9 Å². The lowest BCUT2D eigenvalue weighted by molar-refractivity contribution is -0.114. The van der Waals surface area contributed by atoms with Crippen molar-refractivity contribution in [2.24, 2.45) is 5.92 Å². The molecule has 0 spiro atoms. The highest BCUT2D eigenvalue weighted by Gasteiger charge is 2.25. The smallest absolute Gasteiger partial charge is 0.353 e. The summed E-state index contributed by atoms with van der Waals surface area (Å²) in [5.41, 5.74) is 3.65. The zero-order chi connectivity index (χ0) is 26.5. The van der Waals surface area contributed by atoms with Crippen molar-refractivity contribution in [3.05, 3.63) is 67.8 Å². The Hall–Kier alpha value is -2.05. The van der Waals surface area contributed by atoms with Gasteiger partial charge in [0.15, 0.2) is 0 Å². The summed E-state index contributed by atoms with van der Waals surface area (Å²) in [4.78, 5) is 25.9. The number of aryl methyl sites for hydroxylation is 2. The Kier molecular flexibility index (Phi) is 9.57. The van der Waals surface area contributed by atoms with Crippen LogP contribution in [0.25, 0.3) is 11.1 Å². The van der Waals surface area contributed by atoms with E-state index in [9.17, 15) is 9.59 Å². The monoisotopic (exact) mass is 577 g/mol. The van der Waals surface area contributed by atoms with Crippen LogP contribution in [0.15, 0.2) is 42.5 Å². The highest BCUT2D eigenvalue weighted by molar-refractivity contribution is 7.14. The van der Waals surface area contributed by atoms with Gasteiger partial charge in [-0.3, -0.25) is 4.79 Å². The van der Waals surface area contributed by atoms with E-state index in [1.54, 1.807) is 30.3 Å². The molecule has 1 heterocycles. The second-order valence-corrected chi connectivity index (χ2v) is 12.1. The fraction of sp³-hybridized carbons (Fsp3) is 0.379. The molecule has 2 atom stereocenters. The molecule has 2 aromatic carbocycles. The molecule has 0 bridgehead atoms. The van der Waals surface area contributed by atoms with Crippen LogP contribution < -0.4 is 10.1 Å². The number of hydrogen-bond donors (Lipinski definition) is 1. The molecule has 1 fully saturated rings. The van der Waals surface area contributed by atoms with Crippen LogP contribution in [0.4, 0.5) is 5.69 Å². The summed E-state index contributed by atoms with van der Waals surface area (Å²) in [5, 5.41) is 4.17. The number of ether oxygens (including phenoxy) is 1. The van der Waals surface area contributed by atoms with Gasteiger partial charge in [-0.2, -0.15) is 0 Å². The average molecular weight is 579 g/mol. The van der Waals surface area contributed by atoms with Gasteiger partial charge in [0.05, 0.1) is 5.02 Å². The van der Waals surface area contributed by atoms with E-state index in [0.29, 0.717) is 32.3 Å². The molecule has 0 unspecified atom stereocenters. The first-order chi connectivity index (χ1) is 17.7.